The fourth-order valence-electron chi connectivity index (χ4n) is 2.94. The monoisotopic (exact) mass is 337 g/mol. The van der Waals surface area contributed by atoms with Gasteiger partial charge in [0, 0.05) is 48.9 Å². The maximum absolute atomic E-state index is 5.96. The van der Waals surface area contributed by atoms with E-state index in [0.717, 1.165) is 23.5 Å². The third-order valence-corrected chi connectivity index (χ3v) is 5.11. The molecule has 2 N–H and O–H groups in total. The highest BCUT2D eigenvalue weighted by Gasteiger charge is 2.26. The van der Waals surface area contributed by atoms with Crippen molar-refractivity contribution >= 4 is 21.6 Å². The predicted octanol–water partition coefficient (Wildman–Crippen LogP) is 3.00. The van der Waals surface area contributed by atoms with Crippen molar-refractivity contribution in [1.29, 1.82) is 0 Å². The number of halogens is 1. The largest absolute Gasteiger partial charge is 0.369 e. The number of benzene rings is 1. The molecule has 0 aromatic heterocycles. The van der Waals surface area contributed by atoms with Gasteiger partial charge < -0.3 is 10.6 Å². The van der Waals surface area contributed by atoms with Crippen LogP contribution in [0.2, 0.25) is 0 Å². The van der Waals surface area contributed by atoms with Crippen molar-refractivity contribution in [2.45, 2.75) is 25.8 Å². The Morgan fingerprint density at radius 3 is 2.50 bits per heavy atom. The Labute approximate surface area is 130 Å². The summed E-state index contributed by atoms with van der Waals surface area (Å²) < 4.78 is 1.13. The number of anilines is 1. The standard InChI is InChI=1S/C16H24BrN3/c1-12(18)15-5-4-14(10-16(15)17)20-8-6-19(7-9-20)11-13-2-3-13/h4-5,10,12-13H,2-3,6-9,11,18H2,1H3/t12-/m1/s1. The average molecular weight is 338 g/mol. The minimum Gasteiger partial charge on any atom is -0.369 e. The summed E-state index contributed by atoms with van der Waals surface area (Å²) in [7, 11) is 0. The van der Waals surface area contributed by atoms with Crippen LogP contribution in [0.5, 0.6) is 0 Å². The SMILES string of the molecule is C[C@@H](N)c1ccc(N2CCN(CC3CC3)CC2)cc1Br. The van der Waals surface area contributed by atoms with Crippen LogP contribution in [0.3, 0.4) is 0 Å². The molecule has 1 saturated heterocycles. The zero-order valence-corrected chi connectivity index (χ0v) is 13.8. The van der Waals surface area contributed by atoms with Crippen molar-refractivity contribution in [3.05, 3.63) is 28.2 Å². The zero-order chi connectivity index (χ0) is 14.1. The molecule has 4 heteroatoms. The summed E-state index contributed by atoms with van der Waals surface area (Å²) in [6.45, 7) is 8.01. The number of nitrogens with two attached hydrogens (primary N) is 1. The molecule has 2 aliphatic rings. The summed E-state index contributed by atoms with van der Waals surface area (Å²) in [5.74, 6) is 1.00. The van der Waals surface area contributed by atoms with Gasteiger partial charge in [-0.2, -0.15) is 0 Å². The van der Waals surface area contributed by atoms with E-state index in [9.17, 15) is 0 Å². The van der Waals surface area contributed by atoms with E-state index < -0.39 is 0 Å². The molecule has 1 aromatic carbocycles. The number of piperazine rings is 1. The second-order valence-corrected chi connectivity index (χ2v) is 7.08. The lowest BCUT2D eigenvalue weighted by atomic mass is 10.1. The number of hydrogen-bond donors (Lipinski definition) is 1. The van der Waals surface area contributed by atoms with E-state index in [4.69, 9.17) is 5.73 Å². The van der Waals surface area contributed by atoms with Crippen LogP contribution in [0.15, 0.2) is 22.7 Å². The van der Waals surface area contributed by atoms with E-state index in [1.54, 1.807) is 0 Å². The highest BCUT2D eigenvalue weighted by molar-refractivity contribution is 9.10. The van der Waals surface area contributed by atoms with Crippen molar-refractivity contribution in [1.82, 2.24) is 4.90 Å². The third-order valence-electron chi connectivity index (χ3n) is 4.43. The maximum Gasteiger partial charge on any atom is 0.0378 e. The fourth-order valence-corrected chi connectivity index (χ4v) is 3.66. The van der Waals surface area contributed by atoms with Crippen LogP contribution in [0.1, 0.15) is 31.4 Å². The van der Waals surface area contributed by atoms with Gasteiger partial charge in [0.15, 0.2) is 0 Å². The lowest BCUT2D eigenvalue weighted by Crippen LogP contribution is -2.47. The van der Waals surface area contributed by atoms with Gasteiger partial charge in [0.2, 0.25) is 0 Å². The van der Waals surface area contributed by atoms with Gasteiger partial charge in [-0.15, -0.1) is 0 Å². The normalized spacial score (nSPS) is 22.1. The quantitative estimate of drug-likeness (QED) is 0.916. The number of rotatable bonds is 4. The van der Waals surface area contributed by atoms with E-state index >= 15 is 0 Å². The molecule has 0 amide bonds. The van der Waals surface area contributed by atoms with Crippen LogP contribution < -0.4 is 10.6 Å². The van der Waals surface area contributed by atoms with Gasteiger partial charge in [0.1, 0.15) is 0 Å². The Hall–Kier alpha value is -0.580. The van der Waals surface area contributed by atoms with Gasteiger partial charge in [0.05, 0.1) is 0 Å². The van der Waals surface area contributed by atoms with Crippen LogP contribution in [-0.2, 0) is 0 Å². The molecular formula is C16H24BrN3. The van der Waals surface area contributed by atoms with Crippen molar-refractivity contribution < 1.29 is 0 Å². The van der Waals surface area contributed by atoms with Crippen LogP contribution in [-0.4, -0.2) is 37.6 Å². The smallest absolute Gasteiger partial charge is 0.0378 e. The van der Waals surface area contributed by atoms with Gasteiger partial charge in [-0.3, -0.25) is 4.90 Å². The summed E-state index contributed by atoms with van der Waals surface area (Å²) in [5, 5.41) is 0. The zero-order valence-electron chi connectivity index (χ0n) is 12.2. The molecular weight excluding hydrogens is 314 g/mol. The van der Waals surface area contributed by atoms with Gasteiger partial charge in [-0.25, -0.2) is 0 Å². The molecule has 0 spiro atoms. The summed E-state index contributed by atoms with van der Waals surface area (Å²) in [5.41, 5.74) is 8.46. The van der Waals surface area contributed by atoms with Crippen LogP contribution in [0.4, 0.5) is 5.69 Å². The summed E-state index contributed by atoms with van der Waals surface area (Å²) in [6.07, 6.45) is 2.90. The molecule has 1 saturated carbocycles. The summed E-state index contributed by atoms with van der Waals surface area (Å²) in [6, 6.07) is 6.66. The lowest BCUT2D eigenvalue weighted by molar-refractivity contribution is 0.248. The van der Waals surface area contributed by atoms with Gasteiger partial charge in [-0.1, -0.05) is 22.0 Å². The molecule has 20 heavy (non-hydrogen) atoms. The summed E-state index contributed by atoms with van der Waals surface area (Å²) >= 11 is 3.65. The Bertz CT molecular complexity index is 463. The Balaban J connectivity index is 1.61. The van der Waals surface area contributed by atoms with Crippen molar-refractivity contribution in [2.24, 2.45) is 11.7 Å². The first-order valence-corrected chi connectivity index (χ1v) is 8.45. The second kappa shape index (κ2) is 6.04. The van der Waals surface area contributed by atoms with Crippen molar-refractivity contribution in [3.63, 3.8) is 0 Å². The van der Waals surface area contributed by atoms with E-state index in [2.05, 4.69) is 43.9 Å². The number of hydrogen-bond acceptors (Lipinski definition) is 3. The molecule has 0 radical (unpaired) electrons. The summed E-state index contributed by atoms with van der Waals surface area (Å²) in [4.78, 5) is 5.11. The molecule has 3 rings (SSSR count). The second-order valence-electron chi connectivity index (χ2n) is 6.23. The van der Waals surface area contributed by atoms with E-state index in [1.165, 1.54) is 43.7 Å². The maximum atomic E-state index is 5.96. The van der Waals surface area contributed by atoms with Crippen LogP contribution in [0.25, 0.3) is 0 Å². The van der Waals surface area contributed by atoms with Crippen molar-refractivity contribution in [2.75, 3.05) is 37.6 Å². The van der Waals surface area contributed by atoms with Gasteiger partial charge in [0.25, 0.3) is 0 Å². The Kier molecular flexibility index (Phi) is 4.34. The van der Waals surface area contributed by atoms with Crippen LogP contribution >= 0.6 is 15.9 Å². The van der Waals surface area contributed by atoms with Gasteiger partial charge >= 0.3 is 0 Å². The molecule has 2 fully saturated rings. The molecule has 1 aromatic rings. The average Bonchev–Trinajstić information content (AvgIpc) is 3.23. The first kappa shape index (κ1) is 14.4. The highest BCUT2D eigenvalue weighted by atomic mass is 79.9. The van der Waals surface area contributed by atoms with E-state index in [0.29, 0.717) is 0 Å². The molecule has 1 aliphatic heterocycles. The molecule has 0 bridgehead atoms. The molecule has 1 heterocycles. The highest BCUT2D eigenvalue weighted by Crippen LogP contribution is 2.31. The van der Waals surface area contributed by atoms with E-state index in [-0.39, 0.29) is 6.04 Å². The minimum absolute atomic E-state index is 0.0776. The van der Waals surface area contributed by atoms with E-state index in [1.807, 2.05) is 6.92 Å². The van der Waals surface area contributed by atoms with Gasteiger partial charge in [-0.05, 0) is 43.4 Å². The van der Waals surface area contributed by atoms with Crippen molar-refractivity contribution in [3.8, 4) is 0 Å². The first-order chi connectivity index (χ1) is 9.63. The third kappa shape index (κ3) is 3.35. The first-order valence-electron chi connectivity index (χ1n) is 7.66. The predicted molar refractivity (Wildman–Crippen MR) is 88.1 cm³/mol. The Morgan fingerprint density at radius 1 is 1.25 bits per heavy atom. The van der Waals surface area contributed by atoms with Crippen LogP contribution in [0, 0.1) is 5.92 Å². The Morgan fingerprint density at radius 2 is 1.95 bits per heavy atom. The lowest BCUT2D eigenvalue weighted by Gasteiger charge is -2.36. The molecule has 1 aliphatic carbocycles. The minimum atomic E-state index is 0.0776. The molecule has 110 valence electrons. The molecule has 3 nitrogen and oxygen atoms in total. The molecule has 0 unspecified atom stereocenters. The number of nitrogens with zero attached hydrogens (tertiary/aromatic N) is 2. The molecule has 1 atom stereocenters. The fraction of sp³-hybridized carbons (Fsp3) is 0.625. The topological polar surface area (TPSA) is 32.5 Å².